The Bertz CT molecular complexity index is 591. The fourth-order valence-corrected chi connectivity index (χ4v) is 2.96. The van der Waals surface area contributed by atoms with Gasteiger partial charge in [-0.05, 0) is 43.7 Å². The van der Waals surface area contributed by atoms with E-state index in [1.165, 1.54) is 6.07 Å². The average molecular weight is 328 g/mol. The van der Waals surface area contributed by atoms with Gasteiger partial charge in [0.25, 0.3) is 5.91 Å². The highest BCUT2D eigenvalue weighted by Crippen LogP contribution is 2.26. The standard InChI is InChI=1S/C16H19ClFNO3/c1-10-4-6-12(15(18)14(10)17)16(22)19-8-2-3-11(9-19)5-7-13(20)21/h4,6,11H,2-3,5,7-9H2,1H3,(H,20,21). The number of rotatable bonds is 4. The average Bonchev–Trinajstić information content (AvgIpc) is 2.50. The van der Waals surface area contributed by atoms with Crippen LogP contribution >= 0.6 is 11.6 Å². The monoisotopic (exact) mass is 327 g/mol. The Morgan fingerprint density at radius 1 is 1.45 bits per heavy atom. The third kappa shape index (κ3) is 3.77. The molecule has 0 bridgehead atoms. The van der Waals surface area contributed by atoms with Crippen LogP contribution in [-0.2, 0) is 4.79 Å². The summed E-state index contributed by atoms with van der Waals surface area (Å²) >= 11 is 5.87. The van der Waals surface area contributed by atoms with Crippen molar-refractivity contribution < 1.29 is 19.1 Å². The smallest absolute Gasteiger partial charge is 0.303 e. The first-order valence-electron chi connectivity index (χ1n) is 7.35. The quantitative estimate of drug-likeness (QED) is 0.920. The molecule has 22 heavy (non-hydrogen) atoms. The van der Waals surface area contributed by atoms with Gasteiger partial charge in [-0.15, -0.1) is 0 Å². The number of likely N-dealkylation sites (tertiary alicyclic amines) is 1. The number of amides is 1. The summed E-state index contributed by atoms with van der Waals surface area (Å²) in [6, 6.07) is 3.09. The molecule has 0 aliphatic carbocycles. The van der Waals surface area contributed by atoms with E-state index in [9.17, 15) is 14.0 Å². The van der Waals surface area contributed by atoms with Gasteiger partial charge in [0, 0.05) is 19.5 Å². The van der Waals surface area contributed by atoms with Crippen molar-refractivity contribution in [2.24, 2.45) is 5.92 Å². The molecule has 1 heterocycles. The van der Waals surface area contributed by atoms with E-state index in [2.05, 4.69) is 0 Å². The molecule has 1 aromatic carbocycles. The molecule has 4 nitrogen and oxygen atoms in total. The van der Waals surface area contributed by atoms with Gasteiger partial charge in [-0.1, -0.05) is 17.7 Å². The van der Waals surface area contributed by atoms with E-state index >= 15 is 0 Å². The molecule has 1 amide bonds. The molecule has 1 aromatic rings. The highest BCUT2D eigenvalue weighted by Gasteiger charge is 2.27. The number of halogens is 2. The lowest BCUT2D eigenvalue weighted by atomic mass is 9.93. The number of aliphatic carboxylic acids is 1. The first kappa shape index (κ1) is 16.7. The minimum atomic E-state index is -0.834. The Morgan fingerprint density at radius 3 is 2.86 bits per heavy atom. The summed E-state index contributed by atoms with van der Waals surface area (Å²) in [6.07, 6.45) is 2.33. The Kier molecular flexibility index (Phi) is 5.40. The normalized spacial score (nSPS) is 18.3. The number of hydrogen-bond donors (Lipinski definition) is 1. The molecule has 2 rings (SSSR count). The summed E-state index contributed by atoms with van der Waals surface area (Å²) in [4.78, 5) is 24.7. The van der Waals surface area contributed by atoms with E-state index in [0.29, 0.717) is 25.1 Å². The van der Waals surface area contributed by atoms with Gasteiger partial charge >= 0.3 is 5.97 Å². The number of nitrogens with zero attached hydrogens (tertiary/aromatic N) is 1. The Balaban J connectivity index is 2.09. The number of carbonyl (C=O) groups is 2. The van der Waals surface area contributed by atoms with Gasteiger partial charge in [0.15, 0.2) is 5.82 Å². The van der Waals surface area contributed by atoms with Crippen LogP contribution in [0.15, 0.2) is 12.1 Å². The minimum absolute atomic E-state index is 0.0190. The predicted molar refractivity (Wildman–Crippen MR) is 81.6 cm³/mol. The highest BCUT2D eigenvalue weighted by atomic mass is 35.5. The van der Waals surface area contributed by atoms with Crippen LogP contribution in [0.3, 0.4) is 0 Å². The first-order valence-corrected chi connectivity index (χ1v) is 7.73. The molecule has 1 unspecified atom stereocenters. The van der Waals surface area contributed by atoms with E-state index in [4.69, 9.17) is 16.7 Å². The molecule has 1 aliphatic heterocycles. The highest BCUT2D eigenvalue weighted by molar-refractivity contribution is 6.31. The zero-order valence-corrected chi connectivity index (χ0v) is 13.2. The van der Waals surface area contributed by atoms with E-state index < -0.39 is 11.8 Å². The van der Waals surface area contributed by atoms with Gasteiger partial charge < -0.3 is 10.0 Å². The molecule has 120 valence electrons. The van der Waals surface area contributed by atoms with E-state index in [0.717, 1.165) is 12.8 Å². The molecule has 1 saturated heterocycles. The Labute approximate surface area is 133 Å². The number of carboxylic acids is 1. The van der Waals surface area contributed by atoms with Crippen LogP contribution in [0.2, 0.25) is 5.02 Å². The molecular formula is C16H19ClFNO3. The molecule has 1 aliphatic rings. The lowest BCUT2D eigenvalue weighted by Gasteiger charge is -2.32. The number of hydrogen-bond acceptors (Lipinski definition) is 2. The third-order valence-electron chi connectivity index (χ3n) is 4.08. The molecular weight excluding hydrogens is 309 g/mol. The van der Waals surface area contributed by atoms with Crippen molar-refractivity contribution in [3.8, 4) is 0 Å². The summed E-state index contributed by atoms with van der Waals surface area (Å²) in [5.41, 5.74) is 0.572. The maximum atomic E-state index is 14.2. The fraction of sp³-hybridized carbons (Fsp3) is 0.500. The largest absolute Gasteiger partial charge is 0.481 e. The van der Waals surface area contributed by atoms with Gasteiger partial charge in [0.05, 0.1) is 10.6 Å². The third-order valence-corrected chi connectivity index (χ3v) is 4.54. The predicted octanol–water partition coefficient (Wildman–Crippen LogP) is 3.50. The molecule has 1 fully saturated rings. The number of piperidine rings is 1. The van der Waals surface area contributed by atoms with E-state index in [1.54, 1.807) is 17.9 Å². The second-order valence-corrected chi connectivity index (χ2v) is 6.13. The second kappa shape index (κ2) is 7.09. The molecule has 0 radical (unpaired) electrons. The van der Waals surface area contributed by atoms with Crippen molar-refractivity contribution in [2.75, 3.05) is 13.1 Å². The molecule has 0 saturated carbocycles. The zero-order valence-electron chi connectivity index (χ0n) is 12.4. The molecule has 1 N–H and O–H groups in total. The van der Waals surface area contributed by atoms with Gasteiger partial charge in [-0.3, -0.25) is 9.59 Å². The van der Waals surface area contributed by atoms with E-state index in [1.807, 2.05) is 0 Å². The van der Waals surface area contributed by atoms with Crippen molar-refractivity contribution in [3.05, 3.63) is 34.1 Å². The van der Waals surface area contributed by atoms with Crippen molar-refractivity contribution in [2.45, 2.75) is 32.6 Å². The Morgan fingerprint density at radius 2 is 2.18 bits per heavy atom. The molecule has 1 atom stereocenters. The van der Waals surface area contributed by atoms with Crippen molar-refractivity contribution in [1.82, 2.24) is 4.90 Å². The van der Waals surface area contributed by atoms with Crippen LogP contribution in [0.25, 0.3) is 0 Å². The van der Waals surface area contributed by atoms with E-state index in [-0.39, 0.29) is 28.8 Å². The van der Waals surface area contributed by atoms with Crippen LogP contribution in [0.5, 0.6) is 0 Å². The first-order chi connectivity index (χ1) is 10.4. The second-order valence-electron chi connectivity index (χ2n) is 5.75. The maximum Gasteiger partial charge on any atom is 0.303 e. The van der Waals surface area contributed by atoms with Gasteiger partial charge in [-0.2, -0.15) is 0 Å². The summed E-state index contributed by atoms with van der Waals surface area (Å²) in [7, 11) is 0. The summed E-state index contributed by atoms with van der Waals surface area (Å²) in [5.74, 6) is -1.74. The minimum Gasteiger partial charge on any atom is -0.481 e. The van der Waals surface area contributed by atoms with Crippen LogP contribution < -0.4 is 0 Å². The topological polar surface area (TPSA) is 57.6 Å². The van der Waals surface area contributed by atoms with Crippen molar-refractivity contribution in [1.29, 1.82) is 0 Å². The fourth-order valence-electron chi connectivity index (χ4n) is 2.79. The number of benzene rings is 1. The number of aryl methyl sites for hydroxylation is 1. The van der Waals surface area contributed by atoms with Crippen molar-refractivity contribution in [3.63, 3.8) is 0 Å². The Hall–Kier alpha value is -1.62. The van der Waals surface area contributed by atoms with Gasteiger partial charge in [0.1, 0.15) is 0 Å². The van der Waals surface area contributed by atoms with Gasteiger partial charge in [-0.25, -0.2) is 4.39 Å². The zero-order chi connectivity index (χ0) is 16.3. The van der Waals surface area contributed by atoms with Gasteiger partial charge in [0.2, 0.25) is 0 Å². The maximum absolute atomic E-state index is 14.2. The molecule has 0 aromatic heterocycles. The number of carbonyl (C=O) groups excluding carboxylic acids is 1. The van der Waals surface area contributed by atoms with Crippen LogP contribution in [0.1, 0.15) is 41.6 Å². The summed E-state index contributed by atoms with van der Waals surface area (Å²) < 4.78 is 14.2. The summed E-state index contributed by atoms with van der Waals surface area (Å²) in [6.45, 7) is 2.72. The summed E-state index contributed by atoms with van der Waals surface area (Å²) in [5, 5.41) is 8.72. The lowest BCUT2D eigenvalue weighted by Crippen LogP contribution is -2.40. The van der Waals surface area contributed by atoms with Crippen LogP contribution in [-0.4, -0.2) is 35.0 Å². The molecule has 0 spiro atoms. The van der Waals surface area contributed by atoms with Crippen LogP contribution in [0, 0.1) is 18.7 Å². The van der Waals surface area contributed by atoms with Crippen LogP contribution in [0.4, 0.5) is 4.39 Å². The number of carboxylic acid groups (broad SMARTS) is 1. The molecule has 6 heteroatoms. The van der Waals surface area contributed by atoms with Crippen molar-refractivity contribution >= 4 is 23.5 Å². The SMILES string of the molecule is Cc1ccc(C(=O)N2CCCC(CCC(=O)O)C2)c(F)c1Cl. The lowest BCUT2D eigenvalue weighted by molar-refractivity contribution is -0.137.